The quantitative estimate of drug-likeness (QED) is 0.509. The molecule has 0 atom stereocenters. The van der Waals surface area contributed by atoms with Gasteiger partial charge in [-0.3, -0.25) is 0 Å². The smallest absolute Gasteiger partial charge is 0.161 e. The molecule has 2 aromatic carbocycles. The molecule has 0 bridgehead atoms. The molecule has 4 rings (SSSR count). The molecule has 0 aromatic heterocycles. The number of ether oxygens (including phenoxy) is 2. The summed E-state index contributed by atoms with van der Waals surface area (Å²) in [6.45, 7) is 13.2. The molecule has 0 saturated carbocycles. The van der Waals surface area contributed by atoms with Gasteiger partial charge in [0.05, 0.1) is 13.2 Å². The van der Waals surface area contributed by atoms with Gasteiger partial charge in [0.25, 0.3) is 0 Å². The van der Waals surface area contributed by atoms with E-state index in [9.17, 15) is 0 Å². The largest absolute Gasteiger partial charge is 0.352 e. The van der Waals surface area contributed by atoms with Crippen molar-refractivity contribution in [3.05, 3.63) is 70.3 Å². The number of hydrogen-bond acceptors (Lipinski definition) is 2. The van der Waals surface area contributed by atoms with Crippen molar-refractivity contribution >= 4 is 11.6 Å². The Kier molecular flexibility index (Phi) is 5.92. The molecule has 160 valence electrons. The van der Waals surface area contributed by atoms with E-state index in [0.717, 1.165) is 26.1 Å². The first kappa shape index (κ1) is 21.3. The topological polar surface area (TPSA) is 18.5 Å². The summed E-state index contributed by atoms with van der Waals surface area (Å²) >= 11 is 0. The molecular weight excluding hydrogens is 368 g/mol. The van der Waals surface area contributed by atoms with E-state index in [1.165, 1.54) is 46.2 Å². The summed E-state index contributed by atoms with van der Waals surface area (Å²) in [6, 6.07) is 15.9. The Morgan fingerprint density at radius 2 is 1.53 bits per heavy atom. The third-order valence-corrected chi connectivity index (χ3v) is 6.92. The zero-order chi connectivity index (χ0) is 21.4. The van der Waals surface area contributed by atoms with Crippen molar-refractivity contribution in [3.8, 4) is 0 Å². The summed E-state index contributed by atoms with van der Waals surface area (Å²) in [5.74, 6) is 0. The fourth-order valence-corrected chi connectivity index (χ4v) is 4.76. The molecular formula is C28H36O2. The highest BCUT2D eigenvalue weighted by Crippen LogP contribution is 2.46. The number of hydrogen-bond donors (Lipinski definition) is 0. The monoisotopic (exact) mass is 404 g/mol. The number of fused-ring (bicyclic) bond motifs is 1. The molecule has 0 radical (unpaired) electrons. The van der Waals surface area contributed by atoms with Crippen LogP contribution in [0.15, 0.2) is 42.5 Å². The van der Waals surface area contributed by atoms with E-state index in [-0.39, 0.29) is 17.1 Å². The van der Waals surface area contributed by atoms with Crippen LogP contribution in [0.3, 0.4) is 0 Å². The average molecular weight is 405 g/mol. The van der Waals surface area contributed by atoms with Gasteiger partial charge in [0.2, 0.25) is 0 Å². The second-order valence-corrected chi connectivity index (χ2v) is 10.3. The maximum atomic E-state index is 5.88. The van der Waals surface area contributed by atoms with Crippen molar-refractivity contribution in [1.29, 1.82) is 0 Å². The zero-order valence-electron chi connectivity index (χ0n) is 19.3. The van der Waals surface area contributed by atoms with Crippen molar-refractivity contribution in [3.63, 3.8) is 0 Å². The van der Waals surface area contributed by atoms with E-state index in [1.54, 1.807) is 0 Å². The molecule has 2 heteroatoms. The molecule has 1 aliphatic heterocycles. The average Bonchev–Trinajstić information content (AvgIpc) is 2.72. The highest BCUT2D eigenvalue weighted by molar-refractivity contribution is 5.82. The molecule has 30 heavy (non-hydrogen) atoms. The lowest BCUT2D eigenvalue weighted by Gasteiger charge is -2.42. The van der Waals surface area contributed by atoms with Gasteiger partial charge in [0, 0.05) is 6.42 Å². The summed E-state index contributed by atoms with van der Waals surface area (Å²) in [5.41, 5.74) is 8.54. The van der Waals surface area contributed by atoms with Crippen molar-refractivity contribution < 1.29 is 9.47 Å². The van der Waals surface area contributed by atoms with Crippen LogP contribution in [-0.4, -0.2) is 19.5 Å². The Labute approximate surface area is 182 Å². The van der Waals surface area contributed by atoms with Crippen molar-refractivity contribution in [2.45, 2.75) is 77.4 Å². The van der Waals surface area contributed by atoms with Crippen LogP contribution in [-0.2, 0) is 20.3 Å². The van der Waals surface area contributed by atoms with Crippen LogP contribution in [0.1, 0.15) is 81.2 Å². The molecule has 1 heterocycles. The summed E-state index contributed by atoms with van der Waals surface area (Å²) in [4.78, 5) is 0. The van der Waals surface area contributed by atoms with E-state index in [1.807, 2.05) is 0 Å². The van der Waals surface area contributed by atoms with Crippen LogP contribution in [0, 0.1) is 6.92 Å². The molecule has 0 unspecified atom stereocenters. The fourth-order valence-electron chi connectivity index (χ4n) is 4.76. The van der Waals surface area contributed by atoms with Gasteiger partial charge in [0.15, 0.2) is 6.29 Å². The predicted octanol–water partition coefficient (Wildman–Crippen LogP) is 7.04. The van der Waals surface area contributed by atoms with Crippen molar-refractivity contribution in [1.82, 2.24) is 0 Å². The Morgan fingerprint density at radius 3 is 2.20 bits per heavy atom. The first-order valence-corrected chi connectivity index (χ1v) is 11.4. The maximum absolute atomic E-state index is 5.88. The molecule has 1 aliphatic carbocycles. The first-order chi connectivity index (χ1) is 14.2. The highest BCUT2D eigenvalue weighted by atomic mass is 16.7. The number of aryl methyl sites for hydroxylation is 1. The normalized spacial score (nSPS) is 21.3. The molecule has 2 aromatic rings. The van der Waals surface area contributed by atoms with Gasteiger partial charge in [-0.05, 0) is 64.8 Å². The Hall–Kier alpha value is -1.90. The fraction of sp³-hybridized carbons (Fsp3) is 0.500. The van der Waals surface area contributed by atoms with Gasteiger partial charge < -0.3 is 9.47 Å². The number of benzene rings is 2. The summed E-state index contributed by atoms with van der Waals surface area (Å²) < 4.78 is 11.8. The van der Waals surface area contributed by atoms with Crippen molar-refractivity contribution in [2.75, 3.05) is 13.2 Å². The first-order valence-electron chi connectivity index (χ1n) is 11.4. The van der Waals surface area contributed by atoms with E-state index in [4.69, 9.17) is 9.47 Å². The van der Waals surface area contributed by atoms with Crippen LogP contribution in [0.5, 0.6) is 0 Å². The summed E-state index contributed by atoms with van der Waals surface area (Å²) in [7, 11) is 0. The molecule has 0 amide bonds. The minimum Gasteiger partial charge on any atom is -0.352 e. The standard InChI is InChI=1S/C28H36O2/c1-20-7-10-22(11-8-20)23(19-26-29-15-6-16-30-26)17-21-9-12-24-25(18-21)28(4,5)14-13-27(24,2)3/h7-12,17-18,26H,6,13-16,19H2,1-5H3/b23-17+. The van der Waals surface area contributed by atoms with Crippen LogP contribution in [0.2, 0.25) is 0 Å². The predicted molar refractivity (Wildman–Crippen MR) is 126 cm³/mol. The highest BCUT2D eigenvalue weighted by Gasteiger charge is 2.36. The maximum Gasteiger partial charge on any atom is 0.161 e. The van der Waals surface area contributed by atoms with E-state index >= 15 is 0 Å². The molecule has 2 nitrogen and oxygen atoms in total. The van der Waals surface area contributed by atoms with E-state index in [0.29, 0.717) is 0 Å². The second kappa shape index (κ2) is 8.32. The third kappa shape index (κ3) is 4.55. The lowest BCUT2D eigenvalue weighted by Crippen LogP contribution is -2.33. The van der Waals surface area contributed by atoms with Crippen LogP contribution in [0.4, 0.5) is 0 Å². The lowest BCUT2D eigenvalue weighted by atomic mass is 9.63. The lowest BCUT2D eigenvalue weighted by molar-refractivity contribution is -0.174. The zero-order valence-corrected chi connectivity index (χ0v) is 19.3. The molecule has 2 aliphatic rings. The van der Waals surface area contributed by atoms with Crippen molar-refractivity contribution in [2.24, 2.45) is 0 Å². The molecule has 0 N–H and O–H groups in total. The van der Waals surface area contributed by atoms with Gasteiger partial charge in [-0.2, -0.15) is 0 Å². The minimum absolute atomic E-state index is 0.153. The van der Waals surface area contributed by atoms with Gasteiger partial charge >= 0.3 is 0 Å². The van der Waals surface area contributed by atoms with Gasteiger partial charge in [-0.15, -0.1) is 0 Å². The minimum atomic E-state index is -0.153. The van der Waals surface area contributed by atoms with Crippen LogP contribution >= 0.6 is 0 Å². The van der Waals surface area contributed by atoms with E-state index in [2.05, 4.69) is 83.2 Å². The van der Waals surface area contributed by atoms with Gasteiger partial charge in [0.1, 0.15) is 0 Å². The van der Waals surface area contributed by atoms with Crippen LogP contribution < -0.4 is 0 Å². The SMILES string of the molecule is Cc1ccc(/C(=C/c2ccc3c(c2)C(C)(C)CCC3(C)C)CC2OCCCO2)cc1. The summed E-state index contributed by atoms with van der Waals surface area (Å²) in [6.07, 6.45) is 6.41. The van der Waals surface area contributed by atoms with Gasteiger partial charge in [-0.25, -0.2) is 0 Å². The molecule has 1 fully saturated rings. The Morgan fingerprint density at radius 1 is 0.900 bits per heavy atom. The van der Waals surface area contributed by atoms with Gasteiger partial charge in [-0.1, -0.05) is 81.8 Å². The van der Waals surface area contributed by atoms with E-state index < -0.39 is 0 Å². The third-order valence-electron chi connectivity index (χ3n) is 6.92. The molecule has 0 spiro atoms. The molecule has 1 saturated heterocycles. The van der Waals surface area contributed by atoms with Crippen LogP contribution in [0.25, 0.3) is 11.6 Å². The Bertz CT molecular complexity index is 912. The summed E-state index contributed by atoms with van der Waals surface area (Å²) in [5, 5.41) is 0. The Balaban J connectivity index is 1.73. The number of rotatable bonds is 4. The second-order valence-electron chi connectivity index (χ2n) is 10.3.